The first-order valence-corrected chi connectivity index (χ1v) is 13.5. The van der Waals surface area contributed by atoms with Gasteiger partial charge in [-0.3, -0.25) is 9.52 Å². The Labute approximate surface area is 231 Å². The third-order valence-electron chi connectivity index (χ3n) is 5.69. The summed E-state index contributed by atoms with van der Waals surface area (Å²) in [6.07, 6.45) is 0. The van der Waals surface area contributed by atoms with Crippen molar-refractivity contribution >= 4 is 44.3 Å². The minimum absolute atomic E-state index is 0.0213. The van der Waals surface area contributed by atoms with E-state index in [0.29, 0.717) is 33.8 Å². The molecule has 1 heterocycles. The molecule has 4 aromatic rings. The number of fused-ring (bicyclic) bond motifs is 1. The second kappa shape index (κ2) is 12.1. The van der Waals surface area contributed by atoms with Gasteiger partial charge in [-0.1, -0.05) is 12.1 Å². The molecule has 0 aliphatic rings. The third-order valence-corrected chi connectivity index (χ3v) is 7.05. The molecule has 4 rings (SSSR count). The van der Waals surface area contributed by atoms with Crippen LogP contribution in [0.25, 0.3) is 11.0 Å². The molecule has 3 aromatic carbocycles. The van der Waals surface area contributed by atoms with Gasteiger partial charge in [0.1, 0.15) is 12.4 Å². The van der Waals surface area contributed by atoms with E-state index in [4.69, 9.17) is 14.2 Å². The van der Waals surface area contributed by atoms with E-state index in [1.54, 1.807) is 50.5 Å². The van der Waals surface area contributed by atoms with Crippen LogP contribution in [0.3, 0.4) is 0 Å². The van der Waals surface area contributed by atoms with E-state index in [2.05, 4.69) is 20.0 Å². The van der Waals surface area contributed by atoms with Crippen molar-refractivity contribution in [3.63, 3.8) is 0 Å². The summed E-state index contributed by atoms with van der Waals surface area (Å²) in [6, 6.07) is 15.8. The molecule has 40 heavy (non-hydrogen) atoms. The van der Waals surface area contributed by atoms with Gasteiger partial charge in [0.15, 0.2) is 23.1 Å². The first-order valence-electron chi connectivity index (χ1n) is 12.0. The number of amides is 1. The number of ether oxygens (including phenoxy) is 3. The van der Waals surface area contributed by atoms with Crippen LogP contribution in [0.15, 0.2) is 65.6 Å². The Morgan fingerprint density at radius 3 is 2.17 bits per heavy atom. The molecule has 1 amide bonds. The summed E-state index contributed by atoms with van der Waals surface area (Å²) < 4.78 is 45.8. The van der Waals surface area contributed by atoms with Crippen molar-refractivity contribution in [2.75, 3.05) is 51.6 Å². The second-order valence-corrected chi connectivity index (χ2v) is 10.3. The molecular formula is C27H29N5O7S. The zero-order chi connectivity index (χ0) is 28.9. The maximum absolute atomic E-state index is 13.4. The third kappa shape index (κ3) is 6.16. The number of aliphatic hydroxyl groups is 1. The number of methoxy groups -OCH3 is 2. The van der Waals surface area contributed by atoms with Crippen molar-refractivity contribution in [1.29, 1.82) is 0 Å². The van der Waals surface area contributed by atoms with E-state index >= 15 is 0 Å². The lowest BCUT2D eigenvalue weighted by Gasteiger charge is -2.19. The number of hydrogen-bond donors (Lipinski definition) is 3. The zero-order valence-electron chi connectivity index (χ0n) is 22.3. The van der Waals surface area contributed by atoms with Gasteiger partial charge in [-0.25, -0.2) is 18.4 Å². The average Bonchev–Trinajstić information content (AvgIpc) is 2.95. The molecule has 3 N–H and O–H groups in total. The van der Waals surface area contributed by atoms with Crippen LogP contribution in [0.2, 0.25) is 0 Å². The molecule has 0 bridgehead atoms. The van der Waals surface area contributed by atoms with Crippen molar-refractivity contribution in [3.05, 3.63) is 66.2 Å². The van der Waals surface area contributed by atoms with Crippen LogP contribution in [-0.2, 0) is 10.0 Å². The summed E-state index contributed by atoms with van der Waals surface area (Å²) in [6.45, 7) is -0.263. The van der Waals surface area contributed by atoms with Gasteiger partial charge in [-0.2, -0.15) is 0 Å². The molecule has 1 aromatic heterocycles. The van der Waals surface area contributed by atoms with E-state index < -0.39 is 10.0 Å². The first-order chi connectivity index (χ1) is 19.2. The fourth-order valence-electron chi connectivity index (χ4n) is 3.74. The van der Waals surface area contributed by atoms with Gasteiger partial charge in [0, 0.05) is 31.8 Å². The molecule has 210 valence electrons. The number of benzene rings is 3. The van der Waals surface area contributed by atoms with Gasteiger partial charge in [0.05, 0.1) is 42.4 Å². The Morgan fingerprint density at radius 2 is 1.60 bits per heavy atom. The largest absolute Gasteiger partial charge is 0.497 e. The van der Waals surface area contributed by atoms with Gasteiger partial charge in [0.25, 0.3) is 15.9 Å². The summed E-state index contributed by atoms with van der Waals surface area (Å²) >= 11 is 0. The van der Waals surface area contributed by atoms with Crippen LogP contribution in [0.1, 0.15) is 10.4 Å². The number of anilines is 3. The fourth-order valence-corrected chi connectivity index (χ4v) is 4.75. The smallest absolute Gasteiger partial charge is 0.263 e. The summed E-state index contributed by atoms with van der Waals surface area (Å²) in [5.41, 5.74) is 1.64. The molecule has 0 spiro atoms. The lowest BCUT2D eigenvalue weighted by atomic mass is 10.2. The second-order valence-electron chi connectivity index (χ2n) is 8.64. The van der Waals surface area contributed by atoms with Crippen molar-refractivity contribution in [3.8, 4) is 17.2 Å². The number of nitrogens with zero attached hydrogens (tertiary/aromatic N) is 3. The maximum atomic E-state index is 13.4. The molecule has 12 nitrogen and oxygen atoms in total. The molecular weight excluding hydrogens is 538 g/mol. The van der Waals surface area contributed by atoms with E-state index in [0.717, 1.165) is 0 Å². The number of rotatable bonds is 11. The Morgan fingerprint density at radius 1 is 0.950 bits per heavy atom. The Balaban J connectivity index is 1.78. The van der Waals surface area contributed by atoms with Gasteiger partial charge < -0.3 is 29.5 Å². The normalized spacial score (nSPS) is 11.1. The van der Waals surface area contributed by atoms with Gasteiger partial charge in [0.2, 0.25) is 0 Å². The van der Waals surface area contributed by atoms with E-state index in [1.807, 2.05) is 0 Å². The number of hydrogen-bond acceptors (Lipinski definition) is 10. The molecule has 13 heteroatoms. The van der Waals surface area contributed by atoms with Crippen LogP contribution >= 0.6 is 0 Å². The number of carbonyl (C=O) groups is 1. The fraction of sp³-hybridized carbons (Fsp3) is 0.222. The van der Waals surface area contributed by atoms with Crippen LogP contribution < -0.4 is 24.2 Å². The summed E-state index contributed by atoms with van der Waals surface area (Å²) in [5, 5.41) is 12.4. The van der Waals surface area contributed by atoms with Crippen molar-refractivity contribution < 1.29 is 32.5 Å². The van der Waals surface area contributed by atoms with Gasteiger partial charge in [-0.15, -0.1) is 0 Å². The van der Waals surface area contributed by atoms with E-state index in [1.165, 1.54) is 43.4 Å². The van der Waals surface area contributed by atoms with Crippen molar-refractivity contribution in [1.82, 2.24) is 14.9 Å². The van der Waals surface area contributed by atoms with E-state index in [-0.39, 0.29) is 41.4 Å². The monoisotopic (exact) mass is 567 g/mol. The summed E-state index contributed by atoms with van der Waals surface area (Å²) in [5.74, 6) is 0.740. The quantitative estimate of drug-likeness (QED) is 0.246. The predicted molar refractivity (Wildman–Crippen MR) is 150 cm³/mol. The van der Waals surface area contributed by atoms with Crippen LogP contribution in [0.5, 0.6) is 17.2 Å². The van der Waals surface area contributed by atoms with Crippen molar-refractivity contribution in [2.24, 2.45) is 0 Å². The minimum atomic E-state index is -4.14. The van der Waals surface area contributed by atoms with Gasteiger partial charge >= 0.3 is 0 Å². The lowest BCUT2D eigenvalue weighted by molar-refractivity contribution is 0.0827. The predicted octanol–water partition coefficient (Wildman–Crippen LogP) is 3.26. The molecule has 0 atom stereocenters. The van der Waals surface area contributed by atoms with Crippen LogP contribution in [0, 0.1) is 0 Å². The number of aliphatic hydroxyl groups excluding tert-OH is 1. The molecule has 0 radical (unpaired) electrons. The molecule has 0 unspecified atom stereocenters. The highest BCUT2D eigenvalue weighted by Crippen LogP contribution is 2.41. The highest BCUT2D eigenvalue weighted by atomic mass is 32.2. The molecule has 0 aliphatic carbocycles. The lowest BCUT2D eigenvalue weighted by Crippen LogP contribution is -2.22. The number of aromatic nitrogens is 2. The summed E-state index contributed by atoms with van der Waals surface area (Å²) in [4.78, 5) is 22.7. The number of nitrogens with one attached hydrogen (secondary N) is 2. The number of para-hydroxylation sites is 2. The SMILES string of the molecule is COc1cc(Nc2nc3ccccc3nc2NS(=O)(=O)c2ccc(C(=O)N(C)C)cc2)c(OCCO)c(OC)c1. The Kier molecular flexibility index (Phi) is 8.55. The zero-order valence-corrected chi connectivity index (χ0v) is 23.2. The first kappa shape index (κ1) is 28.4. The standard InChI is InChI=1S/C27H29N5O7S/c1-32(2)27(34)17-9-11-19(12-10-17)40(35,36)31-26-25(28-20-7-5-6-8-21(20)29-26)30-22-15-18(37-3)16-23(38-4)24(22)39-14-13-33/h5-12,15-16,33H,13-14H2,1-4H3,(H,28,30)(H,29,31). The molecule has 0 aliphatic heterocycles. The van der Waals surface area contributed by atoms with Crippen molar-refractivity contribution in [2.45, 2.75) is 4.90 Å². The van der Waals surface area contributed by atoms with Crippen LogP contribution in [-0.4, -0.2) is 75.8 Å². The maximum Gasteiger partial charge on any atom is 0.263 e. The Hall–Kier alpha value is -4.62. The molecule has 0 fully saturated rings. The van der Waals surface area contributed by atoms with Crippen LogP contribution in [0.4, 0.5) is 17.3 Å². The minimum Gasteiger partial charge on any atom is -0.497 e. The number of sulfonamides is 1. The summed E-state index contributed by atoms with van der Waals surface area (Å²) in [7, 11) is 2.02. The molecule has 0 saturated heterocycles. The van der Waals surface area contributed by atoms with E-state index in [9.17, 15) is 18.3 Å². The van der Waals surface area contributed by atoms with Gasteiger partial charge in [-0.05, 0) is 36.4 Å². The Bertz CT molecular complexity index is 1630. The molecule has 0 saturated carbocycles. The number of carbonyl (C=O) groups excluding carboxylic acids is 1. The highest BCUT2D eigenvalue weighted by Gasteiger charge is 2.22. The average molecular weight is 568 g/mol. The highest BCUT2D eigenvalue weighted by molar-refractivity contribution is 7.92. The topological polar surface area (TPSA) is 152 Å².